The molecular formula is C19H23NO3S. The SMILES string of the molecule is COCCOCCOCCN1c2ccccc2Sc2ccccc21. The van der Waals surface area contributed by atoms with E-state index in [9.17, 15) is 0 Å². The number of fused-ring (bicyclic) bond motifs is 2. The first-order valence-electron chi connectivity index (χ1n) is 8.18. The number of hydrogen-bond acceptors (Lipinski definition) is 5. The first-order valence-corrected chi connectivity index (χ1v) is 8.99. The highest BCUT2D eigenvalue weighted by atomic mass is 32.2. The minimum absolute atomic E-state index is 0.604. The van der Waals surface area contributed by atoms with E-state index in [1.165, 1.54) is 21.2 Å². The van der Waals surface area contributed by atoms with Crippen LogP contribution in [0.3, 0.4) is 0 Å². The van der Waals surface area contributed by atoms with E-state index >= 15 is 0 Å². The van der Waals surface area contributed by atoms with E-state index in [0.717, 1.165) is 6.54 Å². The maximum absolute atomic E-state index is 5.73. The van der Waals surface area contributed by atoms with Gasteiger partial charge in [-0.05, 0) is 24.3 Å². The van der Waals surface area contributed by atoms with Crippen molar-refractivity contribution in [1.82, 2.24) is 0 Å². The van der Waals surface area contributed by atoms with Crippen LogP contribution in [0.2, 0.25) is 0 Å². The van der Waals surface area contributed by atoms with Gasteiger partial charge in [0.1, 0.15) is 0 Å². The molecule has 3 rings (SSSR count). The van der Waals surface area contributed by atoms with Crippen molar-refractivity contribution in [2.24, 2.45) is 0 Å². The first-order chi connectivity index (χ1) is 11.9. The van der Waals surface area contributed by atoms with Crippen molar-refractivity contribution in [2.45, 2.75) is 9.79 Å². The van der Waals surface area contributed by atoms with E-state index in [-0.39, 0.29) is 0 Å². The molecule has 0 atom stereocenters. The number of ether oxygens (including phenoxy) is 3. The molecule has 0 unspecified atom stereocenters. The third kappa shape index (κ3) is 4.30. The molecule has 0 bridgehead atoms. The molecule has 0 N–H and O–H groups in total. The molecule has 0 radical (unpaired) electrons. The molecule has 0 aliphatic carbocycles. The number of hydrogen-bond donors (Lipinski definition) is 0. The van der Waals surface area contributed by atoms with E-state index in [2.05, 4.69) is 53.4 Å². The minimum Gasteiger partial charge on any atom is -0.382 e. The van der Waals surface area contributed by atoms with Crippen molar-refractivity contribution in [3.63, 3.8) is 0 Å². The molecule has 4 nitrogen and oxygen atoms in total. The Morgan fingerprint density at radius 2 is 1.29 bits per heavy atom. The smallest absolute Gasteiger partial charge is 0.0701 e. The van der Waals surface area contributed by atoms with Gasteiger partial charge in [0.15, 0.2) is 0 Å². The predicted octanol–water partition coefficient (Wildman–Crippen LogP) is 3.97. The van der Waals surface area contributed by atoms with Crippen LogP contribution in [0.25, 0.3) is 0 Å². The highest BCUT2D eigenvalue weighted by molar-refractivity contribution is 7.99. The van der Waals surface area contributed by atoms with Gasteiger partial charge in [-0.15, -0.1) is 0 Å². The summed E-state index contributed by atoms with van der Waals surface area (Å²) in [5.41, 5.74) is 2.50. The molecule has 1 heterocycles. The Hall–Kier alpha value is -1.53. The molecule has 0 spiro atoms. The third-order valence-electron chi connectivity index (χ3n) is 3.80. The van der Waals surface area contributed by atoms with Gasteiger partial charge in [-0.3, -0.25) is 0 Å². The Morgan fingerprint density at radius 1 is 0.750 bits per heavy atom. The predicted molar refractivity (Wildman–Crippen MR) is 97.5 cm³/mol. The number of nitrogens with zero attached hydrogens (tertiary/aromatic N) is 1. The summed E-state index contributed by atoms with van der Waals surface area (Å²) >= 11 is 1.83. The molecule has 1 aliphatic rings. The van der Waals surface area contributed by atoms with Crippen LogP contribution in [0, 0.1) is 0 Å². The fourth-order valence-electron chi connectivity index (χ4n) is 2.64. The number of methoxy groups -OCH3 is 1. The number of anilines is 2. The zero-order chi connectivity index (χ0) is 16.6. The van der Waals surface area contributed by atoms with Gasteiger partial charge < -0.3 is 19.1 Å². The molecule has 128 valence electrons. The molecule has 0 aromatic heterocycles. The van der Waals surface area contributed by atoms with Gasteiger partial charge in [-0.25, -0.2) is 0 Å². The first kappa shape index (κ1) is 17.3. The van der Waals surface area contributed by atoms with Crippen molar-refractivity contribution in [2.75, 3.05) is 51.6 Å². The van der Waals surface area contributed by atoms with Gasteiger partial charge >= 0.3 is 0 Å². The zero-order valence-corrected chi connectivity index (χ0v) is 14.8. The summed E-state index contributed by atoms with van der Waals surface area (Å²) in [4.78, 5) is 4.92. The second-order valence-corrected chi connectivity index (χ2v) is 6.49. The molecule has 2 aromatic rings. The summed E-state index contributed by atoms with van der Waals surface area (Å²) in [5, 5.41) is 0. The summed E-state index contributed by atoms with van der Waals surface area (Å²) < 4.78 is 16.1. The van der Waals surface area contributed by atoms with Crippen molar-refractivity contribution in [1.29, 1.82) is 0 Å². The Bertz CT molecular complexity index is 605. The van der Waals surface area contributed by atoms with Gasteiger partial charge in [0.2, 0.25) is 0 Å². The molecule has 0 amide bonds. The lowest BCUT2D eigenvalue weighted by atomic mass is 10.2. The normalized spacial score (nSPS) is 12.8. The maximum atomic E-state index is 5.73. The number of benzene rings is 2. The van der Waals surface area contributed by atoms with E-state index in [0.29, 0.717) is 33.0 Å². The molecule has 0 saturated carbocycles. The van der Waals surface area contributed by atoms with Gasteiger partial charge in [0, 0.05) is 23.4 Å². The average molecular weight is 345 g/mol. The van der Waals surface area contributed by atoms with Crippen LogP contribution in [0.5, 0.6) is 0 Å². The minimum atomic E-state index is 0.604. The Kier molecular flexibility index (Phi) is 6.55. The lowest BCUT2D eigenvalue weighted by molar-refractivity contribution is 0.0267. The Balaban J connectivity index is 1.55. The monoisotopic (exact) mass is 345 g/mol. The van der Waals surface area contributed by atoms with E-state index < -0.39 is 0 Å². The lowest BCUT2D eigenvalue weighted by Gasteiger charge is -2.32. The standard InChI is InChI=1S/C19H23NO3S/c1-21-12-13-23-15-14-22-11-10-20-16-6-2-4-8-18(16)24-19-9-5-3-7-17(19)20/h2-9H,10-15H2,1H3. The zero-order valence-electron chi connectivity index (χ0n) is 13.9. The average Bonchev–Trinajstić information content (AvgIpc) is 2.63. The summed E-state index contributed by atoms with van der Waals surface area (Å²) in [5.74, 6) is 0. The summed E-state index contributed by atoms with van der Waals surface area (Å²) in [6.45, 7) is 3.94. The quantitative estimate of drug-likeness (QED) is 0.642. The second kappa shape index (κ2) is 9.08. The van der Waals surface area contributed by atoms with Crippen molar-refractivity contribution in [3.05, 3.63) is 48.5 Å². The van der Waals surface area contributed by atoms with Crippen LogP contribution in [0.1, 0.15) is 0 Å². The maximum Gasteiger partial charge on any atom is 0.0701 e. The molecule has 1 aliphatic heterocycles. The van der Waals surface area contributed by atoms with Gasteiger partial charge in [0.05, 0.1) is 44.4 Å². The van der Waals surface area contributed by atoms with E-state index in [1.807, 2.05) is 11.8 Å². The number of para-hydroxylation sites is 2. The van der Waals surface area contributed by atoms with Crippen LogP contribution in [0.15, 0.2) is 58.3 Å². The van der Waals surface area contributed by atoms with Gasteiger partial charge in [-0.2, -0.15) is 0 Å². The van der Waals surface area contributed by atoms with Crippen molar-refractivity contribution >= 4 is 23.1 Å². The number of rotatable bonds is 9. The van der Waals surface area contributed by atoms with Crippen LogP contribution < -0.4 is 4.90 Å². The molecule has 24 heavy (non-hydrogen) atoms. The molecule has 0 fully saturated rings. The summed E-state index contributed by atoms with van der Waals surface area (Å²) in [7, 11) is 1.67. The highest BCUT2D eigenvalue weighted by Crippen LogP contribution is 2.47. The largest absolute Gasteiger partial charge is 0.382 e. The Morgan fingerprint density at radius 3 is 1.92 bits per heavy atom. The van der Waals surface area contributed by atoms with Crippen LogP contribution >= 0.6 is 11.8 Å². The van der Waals surface area contributed by atoms with Crippen LogP contribution in [-0.4, -0.2) is 46.7 Å². The lowest BCUT2D eigenvalue weighted by Crippen LogP contribution is -2.25. The fourth-order valence-corrected chi connectivity index (χ4v) is 3.74. The highest BCUT2D eigenvalue weighted by Gasteiger charge is 2.22. The van der Waals surface area contributed by atoms with Crippen LogP contribution in [-0.2, 0) is 14.2 Å². The summed E-state index contributed by atoms with van der Waals surface area (Å²) in [6, 6.07) is 17.0. The van der Waals surface area contributed by atoms with E-state index in [1.54, 1.807) is 7.11 Å². The third-order valence-corrected chi connectivity index (χ3v) is 4.93. The molecule has 2 aromatic carbocycles. The molecule has 0 saturated heterocycles. The second-order valence-electron chi connectivity index (χ2n) is 5.41. The van der Waals surface area contributed by atoms with E-state index in [4.69, 9.17) is 14.2 Å². The topological polar surface area (TPSA) is 30.9 Å². The van der Waals surface area contributed by atoms with Crippen molar-refractivity contribution in [3.8, 4) is 0 Å². The molecular weight excluding hydrogens is 322 g/mol. The van der Waals surface area contributed by atoms with Gasteiger partial charge in [-0.1, -0.05) is 36.0 Å². The van der Waals surface area contributed by atoms with Gasteiger partial charge in [0.25, 0.3) is 0 Å². The van der Waals surface area contributed by atoms with Crippen LogP contribution in [0.4, 0.5) is 11.4 Å². The molecule has 5 heteroatoms. The fraction of sp³-hybridized carbons (Fsp3) is 0.368. The Labute approximate surface area is 147 Å². The van der Waals surface area contributed by atoms with Crippen molar-refractivity contribution < 1.29 is 14.2 Å². The summed E-state index contributed by atoms with van der Waals surface area (Å²) in [6.07, 6.45) is 0.